The highest BCUT2D eigenvalue weighted by molar-refractivity contribution is 6.16. The van der Waals surface area contributed by atoms with Gasteiger partial charge in [0.05, 0.1) is 14.2 Å². The Kier molecular flexibility index (Phi) is 5.43. The summed E-state index contributed by atoms with van der Waals surface area (Å²) in [5.41, 5.74) is 0.797. The Balaban J connectivity index is 3.50. The van der Waals surface area contributed by atoms with Crippen LogP contribution in [0, 0.1) is 5.92 Å². The van der Waals surface area contributed by atoms with Gasteiger partial charge in [0.15, 0.2) is 0 Å². The maximum absolute atomic E-state index is 12.0. The highest BCUT2D eigenvalue weighted by Gasteiger charge is 2.37. The second kappa shape index (κ2) is 6.84. The van der Waals surface area contributed by atoms with Crippen molar-refractivity contribution in [2.24, 2.45) is 5.92 Å². The number of hydrogen-bond donors (Lipinski definition) is 0. The normalized spacial score (nSPS) is 19.9. The third kappa shape index (κ3) is 2.87. The SMILES string of the molecule is C=C/C=C1/C(=C(C(=O)OC)C(=O)OC)CC(=O)C1CC. The molecule has 0 spiro atoms. The van der Waals surface area contributed by atoms with Crippen molar-refractivity contribution in [3.05, 3.63) is 35.5 Å². The smallest absolute Gasteiger partial charge is 0.345 e. The lowest BCUT2D eigenvalue weighted by atomic mass is 9.95. The van der Waals surface area contributed by atoms with Crippen LogP contribution in [-0.2, 0) is 23.9 Å². The van der Waals surface area contributed by atoms with E-state index in [4.69, 9.17) is 0 Å². The summed E-state index contributed by atoms with van der Waals surface area (Å²) in [4.78, 5) is 35.6. The number of rotatable bonds is 4. The summed E-state index contributed by atoms with van der Waals surface area (Å²) in [6.45, 7) is 5.47. The van der Waals surface area contributed by atoms with Gasteiger partial charge in [0.25, 0.3) is 0 Å². The number of esters is 2. The van der Waals surface area contributed by atoms with Crippen LogP contribution in [0.15, 0.2) is 35.5 Å². The zero-order chi connectivity index (χ0) is 15.3. The average molecular weight is 278 g/mol. The molecule has 1 atom stereocenters. The van der Waals surface area contributed by atoms with Crippen LogP contribution in [0.4, 0.5) is 0 Å². The second-order valence-corrected chi connectivity index (χ2v) is 4.30. The van der Waals surface area contributed by atoms with Crippen LogP contribution in [-0.4, -0.2) is 31.9 Å². The molecule has 0 amide bonds. The molecule has 0 bridgehead atoms. The predicted octanol–water partition coefficient (Wildman–Crippen LogP) is 1.74. The lowest BCUT2D eigenvalue weighted by molar-refractivity contribution is -0.144. The van der Waals surface area contributed by atoms with Crippen LogP contribution in [0.2, 0.25) is 0 Å². The van der Waals surface area contributed by atoms with E-state index in [1.54, 1.807) is 6.08 Å². The maximum atomic E-state index is 12.0. The van der Waals surface area contributed by atoms with E-state index in [9.17, 15) is 14.4 Å². The van der Waals surface area contributed by atoms with Crippen molar-refractivity contribution in [3.63, 3.8) is 0 Å². The summed E-state index contributed by atoms with van der Waals surface area (Å²) in [6.07, 6.45) is 3.80. The first-order valence-corrected chi connectivity index (χ1v) is 6.27. The quantitative estimate of drug-likeness (QED) is 0.339. The molecule has 5 nitrogen and oxygen atoms in total. The Bertz CT molecular complexity index is 492. The Labute approximate surface area is 117 Å². The highest BCUT2D eigenvalue weighted by atomic mass is 16.5. The van der Waals surface area contributed by atoms with Gasteiger partial charge in [0.2, 0.25) is 0 Å². The zero-order valence-corrected chi connectivity index (χ0v) is 11.9. The van der Waals surface area contributed by atoms with Gasteiger partial charge in [-0.3, -0.25) is 4.79 Å². The number of allylic oxidation sites excluding steroid dienone is 4. The first kappa shape index (κ1) is 15.9. The molecule has 0 radical (unpaired) electrons. The van der Waals surface area contributed by atoms with Crippen LogP contribution < -0.4 is 0 Å². The van der Waals surface area contributed by atoms with Crippen LogP contribution in [0.25, 0.3) is 0 Å². The molecule has 20 heavy (non-hydrogen) atoms. The van der Waals surface area contributed by atoms with Gasteiger partial charge in [-0.25, -0.2) is 9.59 Å². The summed E-state index contributed by atoms with van der Waals surface area (Å²) in [5, 5.41) is 0. The van der Waals surface area contributed by atoms with Crippen LogP contribution in [0.3, 0.4) is 0 Å². The molecule has 0 aromatic rings. The van der Waals surface area contributed by atoms with E-state index in [2.05, 4.69) is 16.1 Å². The van der Waals surface area contributed by atoms with Crippen LogP contribution in [0.1, 0.15) is 19.8 Å². The molecule has 1 rings (SSSR count). The fraction of sp³-hybridized carbons (Fsp3) is 0.400. The molecule has 5 heteroatoms. The molecular weight excluding hydrogens is 260 g/mol. The maximum Gasteiger partial charge on any atom is 0.345 e. The number of carbonyl (C=O) groups is 3. The fourth-order valence-electron chi connectivity index (χ4n) is 2.34. The number of methoxy groups -OCH3 is 2. The van der Waals surface area contributed by atoms with Gasteiger partial charge in [0.1, 0.15) is 11.4 Å². The summed E-state index contributed by atoms with van der Waals surface area (Å²) in [7, 11) is 2.35. The van der Waals surface area contributed by atoms with E-state index in [1.165, 1.54) is 20.3 Å². The average Bonchev–Trinajstić information content (AvgIpc) is 2.75. The third-order valence-electron chi connectivity index (χ3n) is 3.25. The minimum absolute atomic E-state index is 0.0255. The Morgan fingerprint density at radius 2 is 1.85 bits per heavy atom. The first-order chi connectivity index (χ1) is 9.51. The van der Waals surface area contributed by atoms with E-state index < -0.39 is 11.9 Å². The standard InChI is InChI=1S/C15H18O5/c1-5-7-10-9(6-2)12(16)8-11(10)13(14(17)19-3)15(18)20-4/h5,7,9H,1,6,8H2,2-4H3/b10-7+. The molecule has 0 aliphatic heterocycles. The molecule has 1 aliphatic rings. The summed E-state index contributed by atoms with van der Waals surface area (Å²) in [6, 6.07) is 0. The number of carbonyl (C=O) groups excluding carboxylic acids is 3. The molecule has 1 aliphatic carbocycles. The fourth-order valence-corrected chi connectivity index (χ4v) is 2.34. The molecule has 0 heterocycles. The molecular formula is C15H18O5. The zero-order valence-electron chi connectivity index (χ0n) is 11.9. The van der Waals surface area contributed by atoms with Gasteiger partial charge < -0.3 is 9.47 Å². The van der Waals surface area contributed by atoms with Gasteiger partial charge in [-0.2, -0.15) is 0 Å². The van der Waals surface area contributed by atoms with Crippen molar-refractivity contribution < 1.29 is 23.9 Å². The summed E-state index contributed by atoms with van der Waals surface area (Å²) >= 11 is 0. The molecule has 108 valence electrons. The van der Waals surface area contributed by atoms with Crippen molar-refractivity contribution in [1.29, 1.82) is 0 Å². The van der Waals surface area contributed by atoms with Crippen molar-refractivity contribution in [3.8, 4) is 0 Å². The van der Waals surface area contributed by atoms with Gasteiger partial charge >= 0.3 is 11.9 Å². The molecule has 0 aromatic heterocycles. The monoisotopic (exact) mass is 278 g/mol. The molecule has 0 N–H and O–H groups in total. The molecule has 1 fully saturated rings. The minimum Gasteiger partial charge on any atom is -0.465 e. The largest absolute Gasteiger partial charge is 0.465 e. The van der Waals surface area contributed by atoms with Crippen LogP contribution in [0.5, 0.6) is 0 Å². The van der Waals surface area contributed by atoms with Gasteiger partial charge in [0, 0.05) is 12.3 Å². The van der Waals surface area contributed by atoms with E-state index in [0.717, 1.165) is 0 Å². The van der Waals surface area contributed by atoms with Crippen molar-refractivity contribution in [1.82, 2.24) is 0 Å². The third-order valence-corrected chi connectivity index (χ3v) is 3.25. The Morgan fingerprint density at radius 3 is 2.25 bits per heavy atom. The second-order valence-electron chi connectivity index (χ2n) is 4.30. The molecule has 0 aromatic carbocycles. The van der Waals surface area contributed by atoms with Gasteiger partial charge in [-0.05, 0) is 17.6 Å². The van der Waals surface area contributed by atoms with Crippen molar-refractivity contribution in [2.45, 2.75) is 19.8 Å². The van der Waals surface area contributed by atoms with E-state index in [1.807, 2.05) is 6.92 Å². The number of hydrogen-bond acceptors (Lipinski definition) is 5. The van der Waals surface area contributed by atoms with Gasteiger partial charge in [-0.15, -0.1) is 0 Å². The van der Waals surface area contributed by atoms with E-state index in [-0.39, 0.29) is 23.7 Å². The lowest BCUT2D eigenvalue weighted by Gasteiger charge is -2.11. The van der Waals surface area contributed by atoms with E-state index in [0.29, 0.717) is 17.6 Å². The first-order valence-electron chi connectivity index (χ1n) is 6.27. The van der Waals surface area contributed by atoms with Crippen molar-refractivity contribution >= 4 is 17.7 Å². The van der Waals surface area contributed by atoms with Crippen molar-refractivity contribution in [2.75, 3.05) is 14.2 Å². The van der Waals surface area contributed by atoms with E-state index >= 15 is 0 Å². The topological polar surface area (TPSA) is 69.7 Å². The number of ketones is 1. The number of ether oxygens (including phenoxy) is 2. The van der Waals surface area contributed by atoms with Crippen LogP contribution >= 0.6 is 0 Å². The Hall–Kier alpha value is -2.17. The molecule has 1 unspecified atom stereocenters. The summed E-state index contributed by atoms with van der Waals surface area (Å²) in [5.74, 6) is -1.95. The summed E-state index contributed by atoms with van der Waals surface area (Å²) < 4.78 is 9.23. The molecule has 0 saturated heterocycles. The predicted molar refractivity (Wildman–Crippen MR) is 72.7 cm³/mol. The lowest BCUT2D eigenvalue weighted by Crippen LogP contribution is -2.18. The minimum atomic E-state index is -0.800. The highest BCUT2D eigenvalue weighted by Crippen LogP contribution is 2.37. The molecule has 1 saturated carbocycles. The van der Waals surface area contributed by atoms with Gasteiger partial charge in [-0.1, -0.05) is 25.7 Å². The Morgan fingerprint density at radius 1 is 1.30 bits per heavy atom. The number of Topliss-reactive ketones (excluding diaryl/α,β-unsaturated/α-hetero) is 1.